The first kappa shape index (κ1) is 19.0. The van der Waals surface area contributed by atoms with Crippen LogP contribution in [-0.4, -0.2) is 28.8 Å². The van der Waals surface area contributed by atoms with Gasteiger partial charge in [-0.15, -0.1) is 0 Å². The highest BCUT2D eigenvalue weighted by Crippen LogP contribution is 2.32. The largest absolute Gasteiger partial charge is 0.325 e. The van der Waals surface area contributed by atoms with Gasteiger partial charge in [0.05, 0.1) is 16.0 Å². The van der Waals surface area contributed by atoms with Gasteiger partial charge < -0.3 is 5.32 Å². The van der Waals surface area contributed by atoms with Gasteiger partial charge in [0.2, 0.25) is 5.91 Å². The molecule has 144 valence electrons. The van der Waals surface area contributed by atoms with Crippen LogP contribution in [0.15, 0.2) is 47.5 Å². The minimum absolute atomic E-state index is 0.0622. The predicted molar refractivity (Wildman–Crippen MR) is 115 cm³/mol. The van der Waals surface area contributed by atoms with E-state index >= 15 is 0 Å². The fourth-order valence-electron chi connectivity index (χ4n) is 3.45. The normalized spacial score (nSPS) is 16.7. The highest BCUT2D eigenvalue weighted by atomic mass is 35.5. The summed E-state index contributed by atoms with van der Waals surface area (Å²) in [6.45, 7) is 1.87. The van der Waals surface area contributed by atoms with Gasteiger partial charge in [0.1, 0.15) is 6.54 Å². The van der Waals surface area contributed by atoms with Crippen molar-refractivity contribution in [1.29, 1.82) is 0 Å². The van der Waals surface area contributed by atoms with Gasteiger partial charge in [-0.05, 0) is 61.6 Å². The molecule has 0 spiro atoms. The molecule has 0 radical (unpaired) electrons. The molecule has 0 saturated carbocycles. The predicted octanol–water partition coefficient (Wildman–Crippen LogP) is 4.29. The zero-order valence-electron chi connectivity index (χ0n) is 15.4. The second kappa shape index (κ2) is 7.97. The Morgan fingerprint density at radius 2 is 2.00 bits per heavy atom. The molecule has 4 rings (SSSR count). The van der Waals surface area contributed by atoms with Crippen molar-refractivity contribution in [3.8, 4) is 0 Å². The molecular weight excluding hydrogens is 394 g/mol. The Bertz CT molecular complexity index is 976. The summed E-state index contributed by atoms with van der Waals surface area (Å²) in [6, 6.07) is 13.2. The molecule has 5 nitrogen and oxygen atoms in total. The Balaban J connectivity index is 1.45. The Hall–Kier alpha value is -2.31. The van der Waals surface area contributed by atoms with Crippen LogP contribution in [-0.2, 0) is 22.4 Å². The van der Waals surface area contributed by atoms with Gasteiger partial charge in [-0.1, -0.05) is 41.6 Å². The van der Waals surface area contributed by atoms with E-state index in [-0.39, 0.29) is 18.4 Å². The Morgan fingerprint density at radius 3 is 2.82 bits per heavy atom. The highest BCUT2D eigenvalue weighted by Gasteiger charge is 2.31. The molecule has 1 N–H and O–H groups in total. The van der Waals surface area contributed by atoms with Crippen LogP contribution in [0.1, 0.15) is 24.5 Å². The van der Waals surface area contributed by atoms with Gasteiger partial charge in [-0.3, -0.25) is 19.5 Å². The zero-order chi connectivity index (χ0) is 19.7. The number of fused-ring (bicyclic) bond motifs is 1. The lowest BCUT2D eigenvalue weighted by Crippen LogP contribution is -2.33. The molecule has 2 aromatic rings. The molecule has 1 aliphatic heterocycles. The first-order chi connectivity index (χ1) is 13.5. The number of halogens is 1. The van der Waals surface area contributed by atoms with E-state index in [1.54, 1.807) is 12.1 Å². The number of aryl methyl sites for hydroxylation is 2. The van der Waals surface area contributed by atoms with E-state index in [4.69, 9.17) is 11.6 Å². The van der Waals surface area contributed by atoms with E-state index < -0.39 is 5.25 Å². The number of nitrogens with zero attached hydrogens (tertiary/aromatic N) is 2. The van der Waals surface area contributed by atoms with Gasteiger partial charge in [0, 0.05) is 5.69 Å². The van der Waals surface area contributed by atoms with Crippen molar-refractivity contribution in [2.24, 2.45) is 4.99 Å². The maximum atomic E-state index is 12.7. The summed E-state index contributed by atoms with van der Waals surface area (Å²) in [4.78, 5) is 30.8. The molecule has 0 saturated heterocycles. The number of nitrogens with one attached hydrogen (secondary N) is 1. The maximum Gasteiger partial charge on any atom is 0.254 e. The monoisotopic (exact) mass is 413 g/mol. The lowest BCUT2D eigenvalue weighted by Gasteiger charge is -2.21. The first-order valence-corrected chi connectivity index (χ1v) is 10.5. The molecule has 0 aromatic heterocycles. The van der Waals surface area contributed by atoms with E-state index in [2.05, 4.69) is 22.4 Å². The quantitative estimate of drug-likeness (QED) is 0.813. The topological polar surface area (TPSA) is 61.8 Å². The third-order valence-electron chi connectivity index (χ3n) is 4.90. The molecule has 2 aromatic carbocycles. The number of anilines is 2. The number of carbonyl (C=O) groups excluding carboxylic acids is 2. The molecule has 0 unspecified atom stereocenters. The molecule has 7 heteroatoms. The summed E-state index contributed by atoms with van der Waals surface area (Å²) in [6.07, 6.45) is 3.35. The van der Waals surface area contributed by atoms with Crippen LogP contribution in [0.25, 0.3) is 0 Å². The number of carbonyl (C=O) groups is 2. The van der Waals surface area contributed by atoms with Gasteiger partial charge in [-0.2, -0.15) is 0 Å². The molecule has 0 fully saturated rings. The van der Waals surface area contributed by atoms with Crippen molar-refractivity contribution in [1.82, 2.24) is 0 Å². The minimum atomic E-state index is -0.414. The molecule has 1 heterocycles. The molecule has 28 heavy (non-hydrogen) atoms. The van der Waals surface area contributed by atoms with Crippen LogP contribution < -0.4 is 10.2 Å². The highest BCUT2D eigenvalue weighted by molar-refractivity contribution is 8.15. The van der Waals surface area contributed by atoms with Crippen LogP contribution in [0.5, 0.6) is 0 Å². The molecular formula is C21H20ClN3O2S. The number of benzene rings is 2. The summed E-state index contributed by atoms with van der Waals surface area (Å²) in [5, 5.41) is 3.53. The van der Waals surface area contributed by atoms with Crippen molar-refractivity contribution in [3.05, 3.63) is 58.6 Å². The molecule has 2 amide bonds. The number of hydrogen-bond acceptors (Lipinski definition) is 4. The third-order valence-corrected chi connectivity index (χ3v) is 6.31. The standard InChI is InChI=1S/C21H20ClN3O2S/c1-13(20(27)24-16-10-9-14-5-4-6-15(14)11-16)28-21-23-12-19(26)25(21)18-8-3-2-7-17(18)22/h2-3,7-11,13H,4-6,12H2,1H3,(H,24,27)/t13-/m1/s1. The van der Waals surface area contributed by atoms with Crippen LogP contribution in [0.3, 0.4) is 0 Å². The first-order valence-electron chi connectivity index (χ1n) is 9.24. The lowest BCUT2D eigenvalue weighted by molar-refractivity contribution is -0.116. The number of para-hydroxylation sites is 1. The Morgan fingerprint density at radius 1 is 1.21 bits per heavy atom. The van der Waals surface area contributed by atoms with Crippen LogP contribution in [0.4, 0.5) is 11.4 Å². The molecule has 1 aliphatic carbocycles. The second-order valence-electron chi connectivity index (χ2n) is 6.87. The fraction of sp³-hybridized carbons (Fsp3) is 0.286. The van der Waals surface area contributed by atoms with Gasteiger partial charge >= 0.3 is 0 Å². The number of rotatable bonds is 4. The number of amidine groups is 1. The van der Waals surface area contributed by atoms with Crippen LogP contribution >= 0.6 is 23.4 Å². The smallest absolute Gasteiger partial charge is 0.254 e. The average molecular weight is 414 g/mol. The number of thioether (sulfide) groups is 1. The second-order valence-corrected chi connectivity index (χ2v) is 8.58. The van der Waals surface area contributed by atoms with Crippen molar-refractivity contribution in [2.45, 2.75) is 31.4 Å². The van der Waals surface area contributed by atoms with E-state index in [0.717, 1.165) is 18.5 Å². The van der Waals surface area contributed by atoms with Crippen molar-refractivity contribution >= 4 is 51.7 Å². The average Bonchev–Trinajstić information content (AvgIpc) is 3.28. The molecule has 0 bridgehead atoms. The minimum Gasteiger partial charge on any atom is -0.325 e. The summed E-state index contributed by atoms with van der Waals surface area (Å²) in [5.41, 5.74) is 4.08. The number of amides is 2. The fourth-order valence-corrected chi connectivity index (χ4v) is 4.60. The lowest BCUT2D eigenvalue weighted by atomic mass is 10.1. The Kier molecular flexibility index (Phi) is 5.42. The SMILES string of the molecule is C[C@@H](SC1=NCC(=O)N1c1ccccc1Cl)C(=O)Nc1ccc2c(c1)CCC2. The summed E-state index contributed by atoms with van der Waals surface area (Å²) in [7, 11) is 0. The molecule has 1 atom stereocenters. The van der Waals surface area contributed by atoms with E-state index in [0.29, 0.717) is 15.9 Å². The number of hydrogen-bond donors (Lipinski definition) is 1. The van der Waals surface area contributed by atoms with E-state index in [1.807, 2.05) is 25.1 Å². The summed E-state index contributed by atoms with van der Waals surface area (Å²) < 4.78 is 0. The van der Waals surface area contributed by atoms with Gasteiger partial charge in [0.25, 0.3) is 5.91 Å². The number of aliphatic imine (C=N–C) groups is 1. The summed E-state index contributed by atoms with van der Waals surface area (Å²) >= 11 is 7.51. The molecule has 2 aliphatic rings. The summed E-state index contributed by atoms with van der Waals surface area (Å²) in [5.74, 6) is -0.272. The van der Waals surface area contributed by atoms with Gasteiger partial charge in [0.15, 0.2) is 5.17 Å². The Labute approximate surface area is 173 Å². The van der Waals surface area contributed by atoms with Crippen molar-refractivity contribution < 1.29 is 9.59 Å². The third kappa shape index (κ3) is 3.80. The van der Waals surface area contributed by atoms with E-state index in [9.17, 15) is 9.59 Å². The van der Waals surface area contributed by atoms with Crippen LogP contribution in [0, 0.1) is 0 Å². The van der Waals surface area contributed by atoms with Crippen LogP contribution in [0.2, 0.25) is 5.02 Å². The van der Waals surface area contributed by atoms with Crippen molar-refractivity contribution in [3.63, 3.8) is 0 Å². The van der Waals surface area contributed by atoms with Gasteiger partial charge in [-0.25, -0.2) is 0 Å². The maximum absolute atomic E-state index is 12.7. The van der Waals surface area contributed by atoms with E-state index in [1.165, 1.54) is 34.2 Å². The van der Waals surface area contributed by atoms with Crippen molar-refractivity contribution in [2.75, 3.05) is 16.8 Å². The zero-order valence-corrected chi connectivity index (χ0v) is 17.0.